The van der Waals surface area contributed by atoms with Crippen LogP contribution < -0.4 is 10.2 Å². The summed E-state index contributed by atoms with van der Waals surface area (Å²) in [5, 5.41) is 2.86. The summed E-state index contributed by atoms with van der Waals surface area (Å²) in [5.41, 5.74) is 0.542. The van der Waals surface area contributed by atoms with Gasteiger partial charge in [0.15, 0.2) is 0 Å². The third kappa shape index (κ3) is 3.56. The van der Waals surface area contributed by atoms with Crippen LogP contribution in [0.25, 0.3) is 0 Å². The van der Waals surface area contributed by atoms with Crippen molar-refractivity contribution in [1.82, 2.24) is 5.32 Å². The number of hydrogen-bond acceptors (Lipinski definition) is 2. The van der Waals surface area contributed by atoms with Gasteiger partial charge >= 0.3 is 0 Å². The highest BCUT2D eigenvalue weighted by Gasteiger charge is 2.31. The molecular formula is C15H19FN2O2. The number of nitrogens with one attached hydrogen (secondary N) is 1. The van der Waals surface area contributed by atoms with Crippen LogP contribution in [0.4, 0.5) is 10.1 Å². The number of unbranched alkanes of at least 4 members (excludes halogenated alkanes) is 1. The van der Waals surface area contributed by atoms with Crippen LogP contribution in [-0.2, 0) is 9.59 Å². The Balaban J connectivity index is 1.95. The molecule has 1 aliphatic rings. The summed E-state index contributed by atoms with van der Waals surface area (Å²) in [7, 11) is 0. The molecule has 1 aromatic carbocycles. The first kappa shape index (κ1) is 14.5. The molecule has 1 heterocycles. The molecule has 1 saturated heterocycles. The molecule has 0 saturated carbocycles. The van der Waals surface area contributed by atoms with E-state index < -0.39 is 0 Å². The number of halogens is 1. The first-order valence-electron chi connectivity index (χ1n) is 6.95. The Morgan fingerprint density at radius 3 is 3.00 bits per heavy atom. The molecule has 1 aliphatic heterocycles. The summed E-state index contributed by atoms with van der Waals surface area (Å²) < 4.78 is 13.2. The molecule has 1 atom stereocenters. The van der Waals surface area contributed by atoms with Crippen molar-refractivity contribution in [1.29, 1.82) is 0 Å². The Kier molecular flexibility index (Phi) is 4.71. The third-order valence-electron chi connectivity index (χ3n) is 3.37. The molecule has 0 bridgehead atoms. The van der Waals surface area contributed by atoms with E-state index >= 15 is 0 Å². The van der Waals surface area contributed by atoms with E-state index in [1.54, 1.807) is 12.1 Å². The molecule has 2 rings (SSSR count). The highest BCUT2D eigenvalue weighted by molar-refractivity contribution is 5.96. The van der Waals surface area contributed by atoms with Gasteiger partial charge in [0, 0.05) is 25.1 Å². The Hall–Kier alpha value is -1.91. The number of rotatable bonds is 5. The predicted molar refractivity (Wildman–Crippen MR) is 74.8 cm³/mol. The molecule has 108 valence electrons. The minimum atomic E-state index is -0.370. The third-order valence-corrected chi connectivity index (χ3v) is 3.37. The maximum absolute atomic E-state index is 13.2. The molecule has 20 heavy (non-hydrogen) atoms. The van der Waals surface area contributed by atoms with Crippen molar-refractivity contribution in [2.45, 2.75) is 38.6 Å². The molecule has 4 nitrogen and oxygen atoms in total. The summed E-state index contributed by atoms with van der Waals surface area (Å²) in [6.45, 7) is 2.43. The number of benzene rings is 1. The largest absolute Gasteiger partial charge is 0.351 e. The van der Waals surface area contributed by atoms with Crippen LogP contribution >= 0.6 is 0 Å². The molecule has 5 heteroatoms. The standard InChI is InChI=1S/C15H19FN2O2/c1-2-3-7-14(19)17-12-9-15(20)18(10-12)13-6-4-5-11(16)8-13/h4-6,8,12H,2-3,7,9-10H2,1H3,(H,17,19). The summed E-state index contributed by atoms with van der Waals surface area (Å²) in [5.74, 6) is -0.479. The van der Waals surface area contributed by atoms with E-state index in [9.17, 15) is 14.0 Å². The Morgan fingerprint density at radius 1 is 1.50 bits per heavy atom. The molecule has 0 spiro atoms. The number of nitrogens with zero attached hydrogens (tertiary/aromatic N) is 1. The van der Waals surface area contributed by atoms with E-state index in [0.717, 1.165) is 12.8 Å². The smallest absolute Gasteiger partial charge is 0.229 e. The Labute approximate surface area is 118 Å². The van der Waals surface area contributed by atoms with Crippen molar-refractivity contribution in [2.75, 3.05) is 11.4 Å². The zero-order chi connectivity index (χ0) is 14.5. The van der Waals surface area contributed by atoms with Crippen LogP contribution in [0.5, 0.6) is 0 Å². The quantitative estimate of drug-likeness (QED) is 0.898. The van der Waals surface area contributed by atoms with Gasteiger partial charge in [0.2, 0.25) is 11.8 Å². The van der Waals surface area contributed by atoms with Gasteiger partial charge in [-0.3, -0.25) is 9.59 Å². The van der Waals surface area contributed by atoms with Crippen LogP contribution in [0, 0.1) is 5.82 Å². The fourth-order valence-electron chi connectivity index (χ4n) is 2.33. The monoisotopic (exact) mass is 278 g/mol. The zero-order valence-corrected chi connectivity index (χ0v) is 11.6. The number of hydrogen-bond donors (Lipinski definition) is 1. The van der Waals surface area contributed by atoms with Gasteiger partial charge in [-0.1, -0.05) is 19.4 Å². The van der Waals surface area contributed by atoms with Crippen LogP contribution in [0.15, 0.2) is 24.3 Å². The number of anilines is 1. The predicted octanol–water partition coefficient (Wildman–Crippen LogP) is 2.24. The number of carbonyl (C=O) groups is 2. The van der Waals surface area contributed by atoms with Crippen molar-refractivity contribution in [2.24, 2.45) is 0 Å². The Bertz CT molecular complexity index is 504. The van der Waals surface area contributed by atoms with E-state index in [1.807, 2.05) is 6.92 Å². The lowest BCUT2D eigenvalue weighted by Crippen LogP contribution is -2.37. The van der Waals surface area contributed by atoms with E-state index in [4.69, 9.17) is 0 Å². The number of amides is 2. The second kappa shape index (κ2) is 6.50. The fraction of sp³-hybridized carbons (Fsp3) is 0.467. The number of carbonyl (C=O) groups excluding carboxylic acids is 2. The van der Waals surface area contributed by atoms with Gasteiger partial charge in [0.1, 0.15) is 5.82 Å². The fourth-order valence-corrected chi connectivity index (χ4v) is 2.33. The zero-order valence-electron chi connectivity index (χ0n) is 11.6. The van der Waals surface area contributed by atoms with Crippen LogP contribution in [-0.4, -0.2) is 24.4 Å². The second-order valence-electron chi connectivity index (χ2n) is 5.06. The first-order valence-corrected chi connectivity index (χ1v) is 6.95. The summed E-state index contributed by atoms with van der Waals surface area (Å²) in [4.78, 5) is 25.1. The maximum atomic E-state index is 13.2. The lowest BCUT2D eigenvalue weighted by atomic mass is 10.2. The van der Waals surface area contributed by atoms with Crippen molar-refractivity contribution in [3.8, 4) is 0 Å². The summed E-state index contributed by atoms with van der Waals surface area (Å²) >= 11 is 0. The highest BCUT2D eigenvalue weighted by atomic mass is 19.1. The van der Waals surface area contributed by atoms with Gasteiger partial charge in [-0.25, -0.2) is 4.39 Å². The van der Waals surface area contributed by atoms with Crippen molar-refractivity contribution < 1.29 is 14.0 Å². The topological polar surface area (TPSA) is 49.4 Å². The molecule has 1 N–H and O–H groups in total. The van der Waals surface area contributed by atoms with Crippen molar-refractivity contribution in [3.05, 3.63) is 30.1 Å². The minimum absolute atomic E-state index is 0.0225. The van der Waals surface area contributed by atoms with E-state index in [-0.39, 0.29) is 30.1 Å². The van der Waals surface area contributed by atoms with Gasteiger partial charge < -0.3 is 10.2 Å². The lowest BCUT2D eigenvalue weighted by Gasteiger charge is -2.17. The molecule has 0 aliphatic carbocycles. The van der Waals surface area contributed by atoms with Gasteiger partial charge in [-0.15, -0.1) is 0 Å². The summed E-state index contributed by atoms with van der Waals surface area (Å²) in [6, 6.07) is 5.76. The van der Waals surface area contributed by atoms with Crippen molar-refractivity contribution in [3.63, 3.8) is 0 Å². The molecular weight excluding hydrogens is 259 g/mol. The molecule has 1 unspecified atom stereocenters. The van der Waals surface area contributed by atoms with E-state index in [1.165, 1.54) is 17.0 Å². The SMILES string of the molecule is CCCCC(=O)NC1CC(=O)N(c2cccc(F)c2)C1. The second-order valence-corrected chi connectivity index (χ2v) is 5.06. The van der Waals surface area contributed by atoms with E-state index in [0.29, 0.717) is 18.7 Å². The molecule has 2 amide bonds. The highest BCUT2D eigenvalue weighted by Crippen LogP contribution is 2.22. The van der Waals surface area contributed by atoms with Crippen LogP contribution in [0.2, 0.25) is 0 Å². The normalized spacial score (nSPS) is 18.4. The maximum Gasteiger partial charge on any atom is 0.229 e. The first-order chi connectivity index (χ1) is 9.60. The van der Waals surface area contributed by atoms with Gasteiger partial charge in [-0.05, 0) is 24.6 Å². The van der Waals surface area contributed by atoms with Crippen molar-refractivity contribution >= 4 is 17.5 Å². The minimum Gasteiger partial charge on any atom is -0.351 e. The summed E-state index contributed by atoms with van der Waals surface area (Å²) in [6.07, 6.45) is 2.57. The average Bonchev–Trinajstić information content (AvgIpc) is 2.77. The molecule has 1 fully saturated rings. The molecule has 0 aromatic heterocycles. The Morgan fingerprint density at radius 2 is 2.30 bits per heavy atom. The lowest BCUT2D eigenvalue weighted by molar-refractivity contribution is -0.121. The average molecular weight is 278 g/mol. The molecule has 0 radical (unpaired) electrons. The van der Waals surface area contributed by atoms with E-state index in [2.05, 4.69) is 5.32 Å². The molecule has 1 aromatic rings. The van der Waals surface area contributed by atoms with Crippen LogP contribution in [0.3, 0.4) is 0 Å². The van der Waals surface area contributed by atoms with Gasteiger partial charge in [0.05, 0.1) is 6.04 Å². The van der Waals surface area contributed by atoms with Gasteiger partial charge in [0.25, 0.3) is 0 Å². The van der Waals surface area contributed by atoms with Gasteiger partial charge in [-0.2, -0.15) is 0 Å². The van der Waals surface area contributed by atoms with Crippen LogP contribution in [0.1, 0.15) is 32.6 Å².